The van der Waals surface area contributed by atoms with Crippen molar-refractivity contribution in [3.05, 3.63) is 46.2 Å². The van der Waals surface area contributed by atoms with Gasteiger partial charge in [-0.1, -0.05) is 12.1 Å². The standard InChI is InChI=1S/C13H10FNO3/c14-9-5-11(9)15-6-8(13(17)18)12(16)7-3-1-2-4-10(7)15/h1-4,6,9,11H,5H2,(H,17,18)/t9-,11+/m1/s1. The maximum atomic E-state index is 13.2. The van der Waals surface area contributed by atoms with Gasteiger partial charge < -0.3 is 9.67 Å². The fraction of sp³-hybridized carbons (Fsp3) is 0.231. The predicted molar refractivity (Wildman–Crippen MR) is 63.7 cm³/mol. The molecule has 1 saturated carbocycles. The molecule has 2 atom stereocenters. The monoisotopic (exact) mass is 247 g/mol. The number of rotatable bonds is 2. The van der Waals surface area contributed by atoms with E-state index in [1.54, 1.807) is 28.8 Å². The van der Waals surface area contributed by atoms with E-state index < -0.39 is 17.6 Å². The van der Waals surface area contributed by atoms with Gasteiger partial charge in [0.15, 0.2) is 0 Å². The molecule has 2 aromatic rings. The van der Waals surface area contributed by atoms with Crippen LogP contribution in [0.1, 0.15) is 22.8 Å². The number of pyridine rings is 1. The molecule has 1 N–H and O–H groups in total. The van der Waals surface area contributed by atoms with E-state index in [0.717, 1.165) is 0 Å². The summed E-state index contributed by atoms with van der Waals surface area (Å²) in [4.78, 5) is 23.0. The summed E-state index contributed by atoms with van der Waals surface area (Å²) >= 11 is 0. The highest BCUT2D eigenvalue weighted by Crippen LogP contribution is 2.40. The predicted octanol–water partition coefficient (Wildman–Crippen LogP) is 1.98. The second-order valence-corrected chi connectivity index (χ2v) is 4.42. The average molecular weight is 247 g/mol. The Balaban J connectivity index is 2.37. The lowest BCUT2D eigenvalue weighted by atomic mass is 10.1. The van der Waals surface area contributed by atoms with Crippen molar-refractivity contribution >= 4 is 16.9 Å². The highest BCUT2D eigenvalue weighted by atomic mass is 19.1. The number of carbonyl (C=O) groups is 1. The lowest BCUT2D eigenvalue weighted by Gasteiger charge is -2.10. The Morgan fingerprint density at radius 1 is 1.39 bits per heavy atom. The molecule has 0 aliphatic heterocycles. The van der Waals surface area contributed by atoms with Crippen LogP contribution in [0, 0.1) is 0 Å². The third-order valence-corrected chi connectivity index (χ3v) is 3.21. The van der Waals surface area contributed by atoms with E-state index in [9.17, 15) is 14.0 Å². The van der Waals surface area contributed by atoms with Gasteiger partial charge in [0.05, 0.1) is 11.6 Å². The van der Waals surface area contributed by atoms with Crippen LogP contribution in [0.4, 0.5) is 4.39 Å². The van der Waals surface area contributed by atoms with Crippen LogP contribution in [0.2, 0.25) is 0 Å². The molecule has 0 amide bonds. The topological polar surface area (TPSA) is 59.3 Å². The second kappa shape index (κ2) is 3.66. The first-order chi connectivity index (χ1) is 8.59. The SMILES string of the molecule is O=C(O)c1cn([C@H]2C[C@H]2F)c2ccccc2c1=O. The number of carboxylic acids is 1. The molecule has 0 unspecified atom stereocenters. The number of alkyl halides is 1. The minimum atomic E-state index is -1.28. The van der Waals surface area contributed by atoms with Gasteiger partial charge in [-0.2, -0.15) is 0 Å². The van der Waals surface area contributed by atoms with E-state index in [-0.39, 0.29) is 11.6 Å². The van der Waals surface area contributed by atoms with Crippen LogP contribution in [-0.2, 0) is 0 Å². The number of para-hydroxylation sites is 1. The molecule has 0 spiro atoms. The molecule has 1 aromatic heterocycles. The first-order valence-corrected chi connectivity index (χ1v) is 5.61. The Bertz CT molecular complexity index is 707. The number of benzene rings is 1. The number of hydrogen-bond acceptors (Lipinski definition) is 2. The lowest BCUT2D eigenvalue weighted by Crippen LogP contribution is -2.18. The molecule has 0 radical (unpaired) electrons. The molecule has 0 bridgehead atoms. The molecule has 1 aromatic carbocycles. The summed E-state index contributed by atoms with van der Waals surface area (Å²) in [5.41, 5.74) is -0.254. The number of aromatic nitrogens is 1. The summed E-state index contributed by atoms with van der Waals surface area (Å²) in [6, 6.07) is 6.32. The van der Waals surface area contributed by atoms with Gasteiger partial charge in [-0.3, -0.25) is 4.79 Å². The zero-order valence-electron chi connectivity index (χ0n) is 9.34. The maximum absolute atomic E-state index is 13.2. The Morgan fingerprint density at radius 2 is 2.06 bits per heavy atom. The molecule has 18 heavy (non-hydrogen) atoms. The molecule has 1 heterocycles. The van der Waals surface area contributed by atoms with Gasteiger partial charge in [0.25, 0.3) is 0 Å². The fourth-order valence-electron chi connectivity index (χ4n) is 2.17. The molecule has 1 aliphatic rings. The van der Waals surface area contributed by atoms with Gasteiger partial charge in [-0.05, 0) is 12.1 Å². The zero-order chi connectivity index (χ0) is 12.9. The number of hydrogen-bond donors (Lipinski definition) is 1. The molecular weight excluding hydrogens is 237 g/mol. The van der Waals surface area contributed by atoms with Crippen molar-refractivity contribution in [2.45, 2.75) is 18.6 Å². The number of fused-ring (bicyclic) bond motifs is 1. The summed E-state index contributed by atoms with van der Waals surface area (Å²) in [5.74, 6) is -1.28. The number of aromatic carboxylic acids is 1. The third kappa shape index (κ3) is 1.51. The summed E-state index contributed by atoms with van der Waals surface area (Å²) in [5, 5.41) is 9.33. The number of nitrogens with zero attached hydrogens (tertiary/aromatic N) is 1. The maximum Gasteiger partial charge on any atom is 0.341 e. The third-order valence-electron chi connectivity index (χ3n) is 3.21. The van der Waals surface area contributed by atoms with Gasteiger partial charge in [-0.25, -0.2) is 9.18 Å². The molecule has 0 saturated heterocycles. The minimum absolute atomic E-state index is 0.312. The smallest absolute Gasteiger partial charge is 0.341 e. The largest absolute Gasteiger partial charge is 0.477 e. The Hall–Kier alpha value is -2.17. The Kier molecular flexibility index (Phi) is 2.23. The molecule has 92 valence electrons. The highest BCUT2D eigenvalue weighted by molar-refractivity contribution is 5.92. The summed E-state index contributed by atoms with van der Waals surface area (Å²) in [7, 11) is 0. The van der Waals surface area contributed by atoms with E-state index in [1.165, 1.54) is 6.20 Å². The molecule has 1 fully saturated rings. The average Bonchev–Trinajstić information content (AvgIpc) is 3.06. The summed E-state index contributed by atoms with van der Waals surface area (Å²) in [6.45, 7) is 0. The number of carboxylic acid groups (broad SMARTS) is 1. The Labute approximate surface area is 101 Å². The van der Waals surface area contributed by atoms with Crippen molar-refractivity contribution in [1.82, 2.24) is 4.57 Å². The van der Waals surface area contributed by atoms with Crippen LogP contribution in [0.5, 0.6) is 0 Å². The van der Waals surface area contributed by atoms with Gasteiger partial charge in [0.1, 0.15) is 11.7 Å². The molecular formula is C13H10FNO3. The van der Waals surface area contributed by atoms with E-state index in [2.05, 4.69) is 0 Å². The van der Waals surface area contributed by atoms with Gasteiger partial charge in [-0.15, -0.1) is 0 Å². The quantitative estimate of drug-likeness (QED) is 0.882. The zero-order valence-corrected chi connectivity index (χ0v) is 9.34. The van der Waals surface area contributed by atoms with E-state index in [4.69, 9.17) is 5.11 Å². The van der Waals surface area contributed by atoms with Crippen molar-refractivity contribution in [2.75, 3.05) is 0 Å². The highest BCUT2D eigenvalue weighted by Gasteiger charge is 2.39. The van der Waals surface area contributed by atoms with E-state index >= 15 is 0 Å². The van der Waals surface area contributed by atoms with Crippen LogP contribution in [0.25, 0.3) is 10.9 Å². The van der Waals surface area contributed by atoms with Gasteiger partial charge >= 0.3 is 5.97 Å². The van der Waals surface area contributed by atoms with Gasteiger partial charge in [0, 0.05) is 18.0 Å². The Morgan fingerprint density at radius 3 is 2.67 bits per heavy atom. The fourth-order valence-corrected chi connectivity index (χ4v) is 2.17. The first kappa shape index (κ1) is 11.0. The van der Waals surface area contributed by atoms with Crippen molar-refractivity contribution in [3.63, 3.8) is 0 Å². The van der Waals surface area contributed by atoms with Crippen LogP contribution in [-0.4, -0.2) is 21.8 Å². The van der Waals surface area contributed by atoms with Gasteiger partial charge in [0.2, 0.25) is 5.43 Å². The minimum Gasteiger partial charge on any atom is -0.477 e. The van der Waals surface area contributed by atoms with E-state index in [1.807, 2.05) is 0 Å². The summed E-state index contributed by atoms with van der Waals surface area (Å²) in [6.07, 6.45) is 0.654. The van der Waals surface area contributed by atoms with Crippen molar-refractivity contribution in [1.29, 1.82) is 0 Å². The van der Waals surface area contributed by atoms with Crippen LogP contribution in [0.15, 0.2) is 35.3 Å². The summed E-state index contributed by atoms with van der Waals surface area (Å²) < 4.78 is 14.7. The van der Waals surface area contributed by atoms with Crippen LogP contribution >= 0.6 is 0 Å². The van der Waals surface area contributed by atoms with Crippen LogP contribution in [0.3, 0.4) is 0 Å². The number of halogens is 1. The van der Waals surface area contributed by atoms with Crippen molar-refractivity contribution in [2.24, 2.45) is 0 Å². The second-order valence-electron chi connectivity index (χ2n) is 4.42. The normalized spacial score (nSPS) is 22.1. The van der Waals surface area contributed by atoms with Crippen LogP contribution < -0.4 is 5.43 Å². The molecule has 4 nitrogen and oxygen atoms in total. The molecule has 1 aliphatic carbocycles. The molecule has 3 rings (SSSR count). The van der Waals surface area contributed by atoms with E-state index in [0.29, 0.717) is 17.3 Å². The first-order valence-electron chi connectivity index (χ1n) is 5.61. The molecule has 5 heteroatoms. The lowest BCUT2D eigenvalue weighted by molar-refractivity contribution is 0.0694. The van der Waals surface area contributed by atoms with Crippen molar-refractivity contribution in [3.8, 4) is 0 Å². The van der Waals surface area contributed by atoms with Crippen molar-refractivity contribution < 1.29 is 14.3 Å².